The molecule has 0 aromatic carbocycles. The van der Waals surface area contributed by atoms with Crippen LogP contribution in [-0.2, 0) is 19.1 Å². The fraction of sp³-hybridized carbons (Fsp3) is 0.864. The van der Waals surface area contributed by atoms with Crippen molar-refractivity contribution in [1.29, 1.82) is 0 Å². The summed E-state index contributed by atoms with van der Waals surface area (Å²) < 4.78 is 4.68. The van der Waals surface area contributed by atoms with Crippen LogP contribution >= 0.6 is 11.8 Å². The minimum Gasteiger partial charge on any atom is -0.466 e. The molecular formula is C22H36N2O5S. The predicted molar refractivity (Wildman–Crippen MR) is 116 cm³/mol. The highest BCUT2D eigenvalue weighted by atomic mass is 32.2. The lowest BCUT2D eigenvalue weighted by Gasteiger charge is -2.39. The molecule has 30 heavy (non-hydrogen) atoms. The number of hydrogen-bond acceptors (Lipinski definition) is 6. The molecule has 0 aliphatic carbocycles. The number of nitrogens with one attached hydrogen (secondary N) is 1. The maximum absolute atomic E-state index is 13.8. The molecule has 3 aliphatic rings. The van der Waals surface area contributed by atoms with E-state index in [0.717, 1.165) is 6.42 Å². The second kappa shape index (κ2) is 8.34. The zero-order valence-electron chi connectivity index (χ0n) is 18.9. The second-order valence-corrected chi connectivity index (χ2v) is 11.9. The lowest BCUT2D eigenvalue weighted by molar-refractivity contribution is -0.154. The van der Waals surface area contributed by atoms with Crippen molar-refractivity contribution in [2.24, 2.45) is 17.8 Å². The van der Waals surface area contributed by atoms with E-state index in [1.165, 1.54) is 0 Å². The highest BCUT2D eigenvalue weighted by molar-refractivity contribution is 8.02. The minimum atomic E-state index is -0.695. The van der Waals surface area contributed by atoms with Gasteiger partial charge in [-0.05, 0) is 52.9 Å². The molecule has 0 saturated carbocycles. The molecule has 7 nitrogen and oxygen atoms in total. The number of carbonyl (C=O) groups excluding carboxylic acids is 3. The van der Waals surface area contributed by atoms with Crippen molar-refractivity contribution in [3.63, 3.8) is 0 Å². The maximum atomic E-state index is 13.8. The number of hydrogen-bond donors (Lipinski definition) is 2. The smallest absolute Gasteiger partial charge is 0.310 e. The molecule has 1 spiro atoms. The molecule has 3 heterocycles. The first-order valence-electron chi connectivity index (χ1n) is 11.1. The van der Waals surface area contributed by atoms with Crippen LogP contribution in [0.25, 0.3) is 0 Å². The quantitative estimate of drug-likeness (QED) is 0.588. The number of rotatable bonds is 7. The zero-order valence-corrected chi connectivity index (χ0v) is 19.8. The fourth-order valence-electron chi connectivity index (χ4n) is 5.55. The first-order chi connectivity index (χ1) is 14.0. The Labute approximate surface area is 183 Å². The van der Waals surface area contributed by atoms with Crippen molar-refractivity contribution in [2.45, 2.75) is 88.4 Å². The van der Waals surface area contributed by atoms with Crippen LogP contribution in [0.5, 0.6) is 0 Å². The third-order valence-corrected chi connectivity index (χ3v) is 8.34. The first kappa shape index (κ1) is 23.4. The standard InChI is InChI=1S/C22H36N2O5S/c1-7-29-20(28)15-14-8-9-22(30-14)16(15)19(27)24(13(11-25)10-12(2)3)17(22)18(26)23-21(4,5)6/h12-17,25H,7-11H2,1-6H3,(H,23,26)/t13-,14-,15+,16+,17?,22?/m1/s1. The van der Waals surface area contributed by atoms with E-state index in [2.05, 4.69) is 5.32 Å². The Bertz CT molecular complexity index is 706. The van der Waals surface area contributed by atoms with Crippen LogP contribution in [0.3, 0.4) is 0 Å². The number of fused-ring (bicyclic) bond motifs is 1. The van der Waals surface area contributed by atoms with Gasteiger partial charge in [-0.3, -0.25) is 14.4 Å². The molecule has 0 aromatic rings. The first-order valence-corrected chi connectivity index (χ1v) is 11.9. The summed E-state index contributed by atoms with van der Waals surface area (Å²) in [5.74, 6) is -1.56. The van der Waals surface area contributed by atoms with E-state index in [9.17, 15) is 19.5 Å². The van der Waals surface area contributed by atoms with Gasteiger partial charge in [0.2, 0.25) is 11.8 Å². The normalized spacial score (nSPS) is 33.7. The molecule has 8 heteroatoms. The highest BCUT2D eigenvalue weighted by Crippen LogP contribution is 2.66. The molecule has 170 valence electrons. The largest absolute Gasteiger partial charge is 0.466 e. The Morgan fingerprint density at radius 1 is 1.37 bits per heavy atom. The van der Waals surface area contributed by atoms with E-state index in [4.69, 9.17) is 4.74 Å². The molecule has 3 aliphatic heterocycles. The molecule has 2 N–H and O–H groups in total. The summed E-state index contributed by atoms with van der Waals surface area (Å²) in [4.78, 5) is 41.7. The van der Waals surface area contributed by atoms with Crippen molar-refractivity contribution in [3.05, 3.63) is 0 Å². The van der Waals surface area contributed by atoms with Gasteiger partial charge in [0.15, 0.2) is 0 Å². The predicted octanol–water partition coefficient (Wildman–Crippen LogP) is 1.96. The van der Waals surface area contributed by atoms with E-state index in [-0.39, 0.29) is 42.2 Å². The maximum Gasteiger partial charge on any atom is 0.310 e. The number of aliphatic hydroxyl groups excluding tert-OH is 1. The van der Waals surface area contributed by atoms with Crippen LogP contribution in [0, 0.1) is 17.8 Å². The van der Waals surface area contributed by atoms with Crippen LogP contribution < -0.4 is 5.32 Å². The van der Waals surface area contributed by atoms with Crippen LogP contribution in [0.2, 0.25) is 0 Å². The van der Waals surface area contributed by atoms with E-state index < -0.39 is 34.2 Å². The Kier molecular flexibility index (Phi) is 6.50. The molecule has 0 radical (unpaired) electrons. The summed E-state index contributed by atoms with van der Waals surface area (Å²) in [5.41, 5.74) is -0.449. The Morgan fingerprint density at radius 3 is 2.57 bits per heavy atom. The number of ether oxygens (including phenoxy) is 1. The van der Waals surface area contributed by atoms with Gasteiger partial charge in [0, 0.05) is 10.8 Å². The van der Waals surface area contributed by atoms with Crippen molar-refractivity contribution in [1.82, 2.24) is 10.2 Å². The minimum absolute atomic E-state index is 0.00256. The zero-order chi connectivity index (χ0) is 22.4. The summed E-state index contributed by atoms with van der Waals surface area (Å²) in [5, 5.41) is 13.2. The summed E-state index contributed by atoms with van der Waals surface area (Å²) in [6, 6.07) is -1.14. The van der Waals surface area contributed by atoms with Gasteiger partial charge >= 0.3 is 5.97 Å². The van der Waals surface area contributed by atoms with Crippen LogP contribution in [0.4, 0.5) is 0 Å². The number of amides is 2. The van der Waals surface area contributed by atoms with Gasteiger partial charge in [0.1, 0.15) is 6.04 Å². The number of esters is 1. The molecule has 3 fully saturated rings. The third kappa shape index (κ3) is 3.85. The van der Waals surface area contributed by atoms with Crippen molar-refractivity contribution in [2.75, 3.05) is 13.2 Å². The molecule has 6 atom stereocenters. The van der Waals surface area contributed by atoms with Crippen LogP contribution in [0.15, 0.2) is 0 Å². The third-order valence-electron chi connectivity index (χ3n) is 6.39. The number of nitrogens with zero attached hydrogens (tertiary/aromatic N) is 1. The topological polar surface area (TPSA) is 95.9 Å². The van der Waals surface area contributed by atoms with Gasteiger partial charge in [0.25, 0.3) is 0 Å². The van der Waals surface area contributed by atoms with Gasteiger partial charge in [-0.1, -0.05) is 13.8 Å². The highest BCUT2D eigenvalue weighted by Gasteiger charge is 2.74. The number of likely N-dealkylation sites (tertiary alicyclic amines) is 1. The molecule has 2 bridgehead atoms. The van der Waals surface area contributed by atoms with Gasteiger partial charge in [-0.2, -0.15) is 0 Å². The lowest BCUT2D eigenvalue weighted by atomic mass is 9.71. The number of aliphatic hydroxyl groups is 1. The van der Waals surface area contributed by atoms with Gasteiger partial charge in [-0.15, -0.1) is 11.8 Å². The summed E-state index contributed by atoms with van der Waals surface area (Å²) >= 11 is 1.62. The molecule has 3 rings (SSSR count). The van der Waals surface area contributed by atoms with E-state index >= 15 is 0 Å². The van der Waals surface area contributed by atoms with Crippen LogP contribution in [-0.4, -0.2) is 68.6 Å². The Hall–Kier alpha value is -1.28. The lowest BCUT2D eigenvalue weighted by Crippen LogP contribution is -2.59. The van der Waals surface area contributed by atoms with Crippen molar-refractivity contribution < 1.29 is 24.2 Å². The summed E-state index contributed by atoms with van der Waals surface area (Å²) in [7, 11) is 0. The SMILES string of the molecule is CCOC(=O)[C@@H]1[C@H]2C(=O)N([C@@H](CO)CC(C)C)C(C(=O)NC(C)(C)C)C23CC[C@H]1S3. The second-order valence-electron chi connectivity index (χ2n) is 10.3. The number of carbonyl (C=O) groups is 3. The average Bonchev–Trinajstić information content (AvgIpc) is 3.25. The summed E-state index contributed by atoms with van der Waals surface area (Å²) in [6.45, 7) is 11.6. The van der Waals surface area contributed by atoms with Gasteiger partial charge < -0.3 is 20.1 Å². The van der Waals surface area contributed by atoms with Crippen molar-refractivity contribution >= 4 is 29.5 Å². The molecule has 2 amide bonds. The Balaban J connectivity index is 2.05. The number of thioether (sulfide) groups is 1. The van der Waals surface area contributed by atoms with E-state index in [0.29, 0.717) is 12.8 Å². The van der Waals surface area contributed by atoms with Crippen LogP contribution in [0.1, 0.15) is 60.8 Å². The van der Waals surface area contributed by atoms with Crippen molar-refractivity contribution in [3.8, 4) is 0 Å². The van der Waals surface area contributed by atoms with E-state index in [1.54, 1.807) is 23.6 Å². The molecule has 2 unspecified atom stereocenters. The molecular weight excluding hydrogens is 404 g/mol. The summed E-state index contributed by atoms with van der Waals surface area (Å²) in [6.07, 6.45) is 2.11. The van der Waals surface area contributed by atoms with Gasteiger partial charge in [-0.25, -0.2) is 0 Å². The molecule has 0 aromatic heterocycles. The fourth-order valence-corrected chi connectivity index (χ4v) is 7.74. The van der Waals surface area contributed by atoms with Gasteiger partial charge in [0.05, 0.1) is 35.8 Å². The van der Waals surface area contributed by atoms with E-state index in [1.807, 2.05) is 34.6 Å². The average molecular weight is 441 g/mol. The molecule has 3 saturated heterocycles. The Morgan fingerprint density at radius 2 is 2.03 bits per heavy atom. The monoisotopic (exact) mass is 440 g/mol.